The van der Waals surface area contributed by atoms with Crippen molar-refractivity contribution < 1.29 is 0 Å². The largest absolute Gasteiger partial charge is 0.357 e. The molecule has 1 aromatic rings. The Hall–Kier alpha value is -1.63. The molecule has 25 heavy (non-hydrogen) atoms. The van der Waals surface area contributed by atoms with Crippen LogP contribution in [-0.4, -0.2) is 64.9 Å². The third-order valence-electron chi connectivity index (χ3n) is 4.76. The van der Waals surface area contributed by atoms with Gasteiger partial charge in [-0.15, -0.1) is 10.2 Å². The molecule has 0 atom stereocenters. The molecule has 2 heterocycles. The average molecular weight is 350 g/mol. The zero-order valence-corrected chi connectivity index (χ0v) is 16.2. The smallest absolute Gasteiger partial charge is 0.191 e. The molecule has 1 fully saturated rings. The van der Waals surface area contributed by atoms with Crippen LogP contribution in [0.15, 0.2) is 11.3 Å². The minimum Gasteiger partial charge on any atom is -0.357 e. The van der Waals surface area contributed by atoms with E-state index in [1.54, 1.807) is 6.33 Å². The number of guanidine groups is 1. The maximum Gasteiger partial charge on any atom is 0.191 e. The first kappa shape index (κ1) is 19.7. The topological polar surface area (TPSA) is 70.4 Å². The van der Waals surface area contributed by atoms with E-state index in [1.165, 1.54) is 38.9 Å². The minimum atomic E-state index is 0.716. The van der Waals surface area contributed by atoms with Gasteiger partial charge in [-0.05, 0) is 51.7 Å². The lowest BCUT2D eigenvalue weighted by molar-refractivity contribution is 0.188. The van der Waals surface area contributed by atoms with Crippen molar-refractivity contribution in [1.29, 1.82) is 0 Å². The van der Waals surface area contributed by atoms with Crippen molar-refractivity contribution in [3.63, 3.8) is 0 Å². The molecule has 0 saturated carbocycles. The fraction of sp³-hybridized carbons (Fsp3) is 0.833. The lowest BCUT2D eigenvalue weighted by Gasteiger charge is -2.31. The molecule has 0 bridgehead atoms. The summed E-state index contributed by atoms with van der Waals surface area (Å²) in [6.45, 7) is 13.6. The summed E-state index contributed by atoms with van der Waals surface area (Å²) < 4.78 is 2.10. The molecule has 1 saturated heterocycles. The third-order valence-corrected chi connectivity index (χ3v) is 4.76. The molecule has 142 valence electrons. The van der Waals surface area contributed by atoms with Gasteiger partial charge in [0.1, 0.15) is 12.2 Å². The summed E-state index contributed by atoms with van der Waals surface area (Å²) in [6.07, 6.45) is 6.50. The first-order valence-corrected chi connectivity index (χ1v) is 9.88. The molecule has 0 unspecified atom stereocenters. The highest BCUT2D eigenvalue weighted by Crippen LogP contribution is 2.17. The van der Waals surface area contributed by atoms with E-state index in [0.29, 0.717) is 5.92 Å². The van der Waals surface area contributed by atoms with Crippen molar-refractivity contribution in [2.75, 3.05) is 39.3 Å². The monoisotopic (exact) mass is 349 g/mol. The van der Waals surface area contributed by atoms with Crippen LogP contribution < -0.4 is 10.6 Å². The van der Waals surface area contributed by atoms with E-state index >= 15 is 0 Å². The van der Waals surface area contributed by atoms with Crippen LogP contribution in [0, 0.1) is 5.92 Å². The number of aromatic nitrogens is 3. The summed E-state index contributed by atoms with van der Waals surface area (Å²) in [5.41, 5.74) is 0. The highest BCUT2D eigenvalue weighted by molar-refractivity contribution is 5.79. The second-order valence-corrected chi connectivity index (χ2v) is 6.73. The molecule has 7 nitrogen and oxygen atoms in total. The van der Waals surface area contributed by atoms with Gasteiger partial charge < -0.3 is 20.1 Å². The molecule has 0 spiro atoms. The first-order valence-electron chi connectivity index (χ1n) is 9.88. The van der Waals surface area contributed by atoms with E-state index in [9.17, 15) is 0 Å². The normalized spacial score (nSPS) is 17.0. The Morgan fingerprint density at radius 3 is 2.68 bits per heavy atom. The molecular weight excluding hydrogens is 314 g/mol. The Balaban J connectivity index is 1.74. The number of piperidine rings is 1. The van der Waals surface area contributed by atoms with Crippen LogP contribution in [0.3, 0.4) is 0 Å². The Bertz CT molecular complexity index is 503. The molecule has 2 rings (SSSR count). The zero-order valence-electron chi connectivity index (χ0n) is 16.2. The number of rotatable bonds is 9. The van der Waals surface area contributed by atoms with E-state index in [1.807, 2.05) is 0 Å². The minimum absolute atomic E-state index is 0.716. The highest BCUT2D eigenvalue weighted by Gasteiger charge is 2.18. The van der Waals surface area contributed by atoms with Gasteiger partial charge in [-0.1, -0.05) is 13.8 Å². The highest BCUT2D eigenvalue weighted by atomic mass is 15.3. The van der Waals surface area contributed by atoms with Crippen molar-refractivity contribution in [2.45, 2.75) is 53.0 Å². The summed E-state index contributed by atoms with van der Waals surface area (Å²) in [4.78, 5) is 7.38. The summed E-state index contributed by atoms with van der Waals surface area (Å²) >= 11 is 0. The van der Waals surface area contributed by atoms with E-state index in [-0.39, 0.29) is 0 Å². The van der Waals surface area contributed by atoms with Gasteiger partial charge in [0.25, 0.3) is 0 Å². The lowest BCUT2D eigenvalue weighted by Crippen LogP contribution is -2.40. The Labute approximate surface area is 152 Å². The average Bonchev–Trinajstić information content (AvgIpc) is 3.08. The SMILES string of the molecule is CCCN1CCC(CN=C(NCC)NCCn2cnnc2CC)CC1. The van der Waals surface area contributed by atoms with Crippen molar-refractivity contribution in [3.8, 4) is 0 Å². The van der Waals surface area contributed by atoms with E-state index in [4.69, 9.17) is 4.99 Å². The van der Waals surface area contributed by atoms with Crippen LogP contribution in [-0.2, 0) is 13.0 Å². The van der Waals surface area contributed by atoms with Gasteiger partial charge in [0.05, 0.1) is 0 Å². The van der Waals surface area contributed by atoms with Gasteiger partial charge in [-0.25, -0.2) is 0 Å². The van der Waals surface area contributed by atoms with Crippen molar-refractivity contribution >= 4 is 5.96 Å². The van der Waals surface area contributed by atoms with Crippen molar-refractivity contribution in [3.05, 3.63) is 12.2 Å². The number of likely N-dealkylation sites (tertiary alicyclic amines) is 1. The van der Waals surface area contributed by atoms with E-state index in [0.717, 1.165) is 44.4 Å². The van der Waals surface area contributed by atoms with Gasteiger partial charge in [0, 0.05) is 32.6 Å². The van der Waals surface area contributed by atoms with Gasteiger partial charge in [-0.2, -0.15) is 0 Å². The third kappa shape index (κ3) is 6.65. The molecule has 1 aliphatic heterocycles. The van der Waals surface area contributed by atoms with Gasteiger partial charge >= 0.3 is 0 Å². The first-order chi connectivity index (χ1) is 12.3. The second kappa shape index (κ2) is 11.1. The van der Waals surface area contributed by atoms with Crippen LogP contribution in [0.5, 0.6) is 0 Å². The van der Waals surface area contributed by atoms with Gasteiger partial charge in [0.2, 0.25) is 0 Å². The maximum absolute atomic E-state index is 4.80. The molecule has 0 aromatic carbocycles. The van der Waals surface area contributed by atoms with Gasteiger partial charge in [0.15, 0.2) is 5.96 Å². The van der Waals surface area contributed by atoms with Crippen molar-refractivity contribution in [2.24, 2.45) is 10.9 Å². The molecule has 7 heteroatoms. The Morgan fingerprint density at radius 2 is 2.00 bits per heavy atom. The molecule has 1 aliphatic rings. The maximum atomic E-state index is 4.80. The lowest BCUT2D eigenvalue weighted by atomic mass is 9.97. The molecule has 2 N–H and O–H groups in total. The van der Waals surface area contributed by atoms with Crippen LogP contribution in [0.25, 0.3) is 0 Å². The van der Waals surface area contributed by atoms with Crippen LogP contribution >= 0.6 is 0 Å². The number of nitrogens with one attached hydrogen (secondary N) is 2. The summed E-state index contributed by atoms with van der Waals surface area (Å²) in [6, 6.07) is 0. The van der Waals surface area contributed by atoms with E-state index < -0.39 is 0 Å². The van der Waals surface area contributed by atoms with E-state index in [2.05, 4.69) is 51.1 Å². The van der Waals surface area contributed by atoms with Crippen LogP contribution in [0.2, 0.25) is 0 Å². The number of aliphatic imine (C=N–C) groups is 1. The predicted molar refractivity (Wildman–Crippen MR) is 103 cm³/mol. The second-order valence-electron chi connectivity index (χ2n) is 6.73. The predicted octanol–water partition coefficient (Wildman–Crippen LogP) is 1.52. The summed E-state index contributed by atoms with van der Waals surface area (Å²) in [7, 11) is 0. The Kier molecular flexibility index (Phi) is 8.72. The number of aryl methyl sites for hydroxylation is 1. The Morgan fingerprint density at radius 1 is 1.20 bits per heavy atom. The molecular formula is C18H35N7. The van der Waals surface area contributed by atoms with Crippen molar-refractivity contribution in [1.82, 2.24) is 30.3 Å². The molecule has 0 amide bonds. The fourth-order valence-electron chi connectivity index (χ4n) is 3.31. The molecule has 1 aromatic heterocycles. The van der Waals surface area contributed by atoms with Crippen LogP contribution in [0.4, 0.5) is 0 Å². The number of nitrogens with zero attached hydrogens (tertiary/aromatic N) is 5. The standard InChI is InChI=1S/C18H35N7/c1-4-10-24-11-7-16(8-12-24)14-21-18(19-6-3)20-9-13-25-15-22-23-17(25)5-2/h15-16H,4-14H2,1-3H3,(H2,19,20,21). The summed E-state index contributed by atoms with van der Waals surface area (Å²) in [5, 5.41) is 14.9. The fourth-order valence-corrected chi connectivity index (χ4v) is 3.31. The number of hydrogen-bond acceptors (Lipinski definition) is 4. The summed E-state index contributed by atoms with van der Waals surface area (Å²) in [5.74, 6) is 2.67. The zero-order chi connectivity index (χ0) is 17.9. The number of hydrogen-bond donors (Lipinski definition) is 2. The quantitative estimate of drug-likeness (QED) is 0.522. The van der Waals surface area contributed by atoms with Crippen LogP contribution in [0.1, 0.15) is 45.9 Å². The molecule has 0 radical (unpaired) electrons. The molecule has 0 aliphatic carbocycles. The van der Waals surface area contributed by atoms with Gasteiger partial charge in [-0.3, -0.25) is 4.99 Å².